The van der Waals surface area contributed by atoms with E-state index in [1.165, 1.54) is 18.3 Å². The molecule has 3 N–H and O–H groups in total. The number of hydrogen-bond donors (Lipinski definition) is 2. The molecule has 0 saturated heterocycles. The lowest BCUT2D eigenvalue weighted by molar-refractivity contribution is -0.144. The first kappa shape index (κ1) is 18.6. The number of aliphatic carboxylic acids is 1. The summed E-state index contributed by atoms with van der Waals surface area (Å²) in [6, 6.07) is 7.25. The highest BCUT2D eigenvalue weighted by atomic mass is 32.1. The minimum Gasteiger partial charge on any atom is -0.491 e. The van der Waals surface area contributed by atoms with Gasteiger partial charge in [0.25, 0.3) is 0 Å². The summed E-state index contributed by atoms with van der Waals surface area (Å²) in [6.07, 6.45) is 0.861. The Hall–Kier alpha value is -3.40. The molecule has 0 spiro atoms. The number of thiazole rings is 1. The van der Waals surface area contributed by atoms with E-state index in [2.05, 4.69) is 9.55 Å². The highest BCUT2D eigenvalue weighted by Gasteiger charge is 2.22. The van der Waals surface area contributed by atoms with Crippen LogP contribution in [0.25, 0.3) is 32.9 Å². The third kappa shape index (κ3) is 3.18. The van der Waals surface area contributed by atoms with Gasteiger partial charge in [0.1, 0.15) is 33.1 Å². The van der Waals surface area contributed by atoms with Gasteiger partial charge in [-0.05, 0) is 31.9 Å². The van der Waals surface area contributed by atoms with E-state index in [1.807, 2.05) is 12.1 Å². The Bertz CT molecular complexity index is 1280. The molecular weight excluding hydrogens is 406 g/mol. The smallest absolute Gasteiger partial charge is 0.344 e. The Kier molecular flexibility index (Phi) is 4.43. The summed E-state index contributed by atoms with van der Waals surface area (Å²) >= 11 is 1.34. The Morgan fingerprint density at radius 1 is 1.27 bits per heavy atom. The van der Waals surface area contributed by atoms with Crippen molar-refractivity contribution in [2.45, 2.75) is 32.4 Å². The number of rotatable bonds is 4. The van der Waals surface area contributed by atoms with Gasteiger partial charge in [-0.25, -0.2) is 19.7 Å². The van der Waals surface area contributed by atoms with E-state index in [0.717, 1.165) is 40.9 Å². The number of ether oxygens (including phenoxy) is 2. The number of nitrogens with zero attached hydrogens (tertiary/aromatic N) is 4. The molecule has 1 atom stereocenters. The zero-order valence-electron chi connectivity index (χ0n) is 16.2. The zero-order chi connectivity index (χ0) is 20.8. The minimum atomic E-state index is -1.04. The highest BCUT2D eigenvalue weighted by molar-refractivity contribution is 7.21. The number of imidazole rings is 1. The second kappa shape index (κ2) is 7.13. The predicted octanol–water partition coefficient (Wildman–Crippen LogP) is 3.31. The first-order valence-corrected chi connectivity index (χ1v) is 10.4. The first-order chi connectivity index (χ1) is 14.5. The molecule has 30 heavy (non-hydrogen) atoms. The van der Waals surface area contributed by atoms with Gasteiger partial charge in [-0.3, -0.25) is 0 Å². The molecule has 10 heteroatoms. The lowest BCUT2D eigenvalue weighted by atomic mass is 10.2. The van der Waals surface area contributed by atoms with E-state index in [4.69, 9.17) is 30.3 Å². The fraction of sp³-hybridized carbons (Fsp3) is 0.300. The van der Waals surface area contributed by atoms with Crippen LogP contribution in [-0.2, 0) is 11.3 Å². The number of carboxylic acids is 1. The van der Waals surface area contributed by atoms with Crippen molar-refractivity contribution in [3.8, 4) is 23.0 Å². The average Bonchev–Trinajstić information content (AvgIpc) is 3.24. The number of hydrogen-bond acceptors (Lipinski definition) is 8. The van der Waals surface area contributed by atoms with Crippen LogP contribution in [0.15, 0.2) is 24.3 Å². The van der Waals surface area contributed by atoms with Crippen molar-refractivity contribution in [1.82, 2.24) is 19.5 Å². The van der Waals surface area contributed by atoms with Gasteiger partial charge in [-0.2, -0.15) is 0 Å². The van der Waals surface area contributed by atoms with E-state index >= 15 is 0 Å². The molecule has 4 heterocycles. The number of pyridine rings is 1. The highest BCUT2D eigenvalue weighted by Crippen LogP contribution is 2.37. The number of nitrogens with two attached hydrogens (primary N) is 1. The van der Waals surface area contributed by atoms with Crippen molar-refractivity contribution in [3.05, 3.63) is 24.3 Å². The fourth-order valence-corrected chi connectivity index (χ4v) is 4.27. The minimum absolute atomic E-state index is 0.405. The van der Waals surface area contributed by atoms with Gasteiger partial charge >= 0.3 is 5.97 Å². The van der Waals surface area contributed by atoms with Crippen LogP contribution in [0, 0.1) is 0 Å². The van der Waals surface area contributed by atoms with Gasteiger partial charge in [0, 0.05) is 18.7 Å². The molecule has 3 aromatic heterocycles. The van der Waals surface area contributed by atoms with Crippen LogP contribution in [0.4, 0.5) is 5.13 Å². The Labute approximate surface area is 175 Å². The molecule has 5 rings (SSSR count). The molecule has 9 nitrogen and oxygen atoms in total. The standard InChI is InChI=1S/C20H19N5O4S/c1-10(19(26)27)29-11-8-14-16-15(9-11)28-7-3-2-6-25(16)17(22-14)12-4-5-13-18(23-12)30-20(21)24-13/h4-5,8-10H,2-3,6-7H2,1H3,(H2,21,24)(H,26,27). The van der Waals surface area contributed by atoms with Crippen molar-refractivity contribution in [2.24, 2.45) is 0 Å². The predicted molar refractivity (Wildman–Crippen MR) is 113 cm³/mol. The van der Waals surface area contributed by atoms with Gasteiger partial charge < -0.3 is 24.9 Å². The maximum absolute atomic E-state index is 11.2. The first-order valence-electron chi connectivity index (χ1n) is 9.59. The normalized spacial score (nSPS) is 14.8. The molecule has 0 bridgehead atoms. The van der Waals surface area contributed by atoms with Crippen LogP contribution in [0.5, 0.6) is 11.5 Å². The molecule has 1 aliphatic heterocycles. The molecule has 0 fully saturated rings. The molecule has 0 radical (unpaired) electrons. The molecule has 154 valence electrons. The Morgan fingerprint density at radius 2 is 2.13 bits per heavy atom. The van der Waals surface area contributed by atoms with Crippen LogP contribution in [0.2, 0.25) is 0 Å². The molecule has 1 aliphatic rings. The summed E-state index contributed by atoms with van der Waals surface area (Å²) in [5.74, 6) is 0.713. The number of carboxylic acid groups (broad SMARTS) is 1. The third-order valence-electron chi connectivity index (χ3n) is 4.98. The lowest BCUT2D eigenvalue weighted by Gasteiger charge is -2.17. The van der Waals surface area contributed by atoms with Crippen molar-refractivity contribution in [2.75, 3.05) is 12.3 Å². The van der Waals surface area contributed by atoms with Gasteiger partial charge in [0.05, 0.1) is 12.1 Å². The van der Waals surface area contributed by atoms with Crippen LogP contribution >= 0.6 is 11.3 Å². The van der Waals surface area contributed by atoms with Gasteiger partial charge in [0.2, 0.25) is 0 Å². The number of carbonyl (C=O) groups is 1. The number of aryl methyl sites for hydroxylation is 1. The van der Waals surface area contributed by atoms with Crippen molar-refractivity contribution >= 4 is 43.8 Å². The molecule has 0 aliphatic carbocycles. The third-order valence-corrected chi connectivity index (χ3v) is 5.77. The summed E-state index contributed by atoms with van der Waals surface area (Å²) in [5, 5.41) is 9.64. The molecule has 0 saturated carbocycles. The van der Waals surface area contributed by atoms with Crippen molar-refractivity contribution in [1.29, 1.82) is 0 Å². The fourth-order valence-electron chi connectivity index (χ4n) is 3.56. The molecule has 4 aromatic rings. The van der Waals surface area contributed by atoms with Gasteiger partial charge in [0.15, 0.2) is 17.1 Å². The lowest BCUT2D eigenvalue weighted by Crippen LogP contribution is -2.22. The topological polar surface area (TPSA) is 125 Å². The number of fused-ring (bicyclic) bond motifs is 1. The number of nitrogen functional groups attached to an aromatic ring is 1. The monoisotopic (exact) mass is 425 g/mol. The quantitative estimate of drug-likeness (QED) is 0.510. The van der Waals surface area contributed by atoms with Gasteiger partial charge in [-0.1, -0.05) is 11.3 Å². The summed E-state index contributed by atoms with van der Waals surface area (Å²) < 4.78 is 13.6. The molecular formula is C20H19N5O4S. The van der Waals surface area contributed by atoms with E-state index in [0.29, 0.717) is 34.6 Å². The van der Waals surface area contributed by atoms with Crippen LogP contribution in [0.3, 0.4) is 0 Å². The average molecular weight is 425 g/mol. The zero-order valence-corrected chi connectivity index (χ0v) is 17.0. The van der Waals surface area contributed by atoms with E-state index in [1.54, 1.807) is 12.1 Å². The molecule has 1 unspecified atom stereocenters. The van der Waals surface area contributed by atoms with E-state index in [-0.39, 0.29) is 0 Å². The van der Waals surface area contributed by atoms with Crippen LogP contribution in [-0.4, -0.2) is 43.3 Å². The number of anilines is 1. The van der Waals surface area contributed by atoms with E-state index < -0.39 is 12.1 Å². The second-order valence-corrected chi connectivity index (χ2v) is 8.11. The van der Waals surface area contributed by atoms with Crippen molar-refractivity contribution < 1.29 is 19.4 Å². The maximum Gasteiger partial charge on any atom is 0.344 e. The second-order valence-electron chi connectivity index (χ2n) is 7.10. The SMILES string of the molecule is CC(Oc1cc2c3c(c1)nc(-c1ccc4nc(N)sc4n1)n3CCCCO2)C(=O)O. The van der Waals surface area contributed by atoms with E-state index in [9.17, 15) is 4.79 Å². The Morgan fingerprint density at radius 3 is 2.97 bits per heavy atom. The van der Waals surface area contributed by atoms with Gasteiger partial charge in [-0.15, -0.1) is 0 Å². The summed E-state index contributed by atoms with van der Waals surface area (Å²) in [5.41, 5.74) is 8.81. The van der Waals surface area contributed by atoms with Crippen LogP contribution < -0.4 is 15.2 Å². The Balaban J connectivity index is 1.68. The van der Waals surface area contributed by atoms with Crippen LogP contribution in [0.1, 0.15) is 19.8 Å². The summed E-state index contributed by atoms with van der Waals surface area (Å²) in [4.78, 5) is 25.7. The largest absolute Gasteiger partial charge is 0.491 e. The van der Waals surface area contributed by atoms with Crippen molar-refractivity contribution in [3.63, 3.8) is 0 Å². The summed E-state index contributed by atoms with van der Waals surface area (Å²) in [6.45, 7) is 2.84. The number of aromatic nitrogens is 4. The number of benzene rings is 1. The summed E-state index contributed by atoms with van der Waals surface area (Å²) in [7, 11) is 0. The molecule has 1 aromatic carbocycles. The maximum atomic E-state index is 11.2. The molecule has 0 amide bonds.